The molecule has 2 aromatic heterocycles. The predicted molar refractivity (Wildman–Crippen MR) is 107 cm³/mol. The van der Waals surface area contributed by atoms with Gasteiger partial charge in [-0.25, -0.2) is 9.59 Å². The Kier molecular flexibility index (Phi) is 5.96. The lowest BCUT2D eigenvalue weighted by Crippen LogP contribution is -2.25. The van der Waals surface area contributed by atoms with Gasteiger partial charge in [0.1, 0.15) is 5.00 Å². The summed E-state index contributed by atoms with van der Waals surface area (Å²) in [7, 11) is 0. The minimum Gasteiger partial charge on any atom is -0.461 e. The molecule has 2 heterocycles. The van der Waals surface area contributed by atoms with Crippen LogP contribution in [-0.4, -0.2) is 35.1 Å². The van der Waals surface area contributed by atoms with Crippen molar-refractivity contribution in [3.8, 4) is 5.69 Å². The lowest BCUT2D eigenvalue weighted by Gasteiger charge is -2.10. The van der Waals surface area contributed by atoms with Crippen molar-refractivity contribution in [3.05, 3.63) is 50.7 Å². The number of hydrogen-bond donors (Lipinski definition) is 1. The van der Waals surface area contributed by atoms with Gasteiger partial charge < -0.3 is 9.47 Å². The van der Waals surface area contributed by atoms with Crippen LogP contribution in [0.5, 0.6) is 0 Å². The van der Waals surface area contributed by atoms with E-state index >= 15 is 0 Å². The zero-order valence-electron chi connectivity index (χ0n) is 15.0. The van der Waals surface area contributed by atoms with Crippen LogP contribution in [0.4, 0.5) is 9.80 Å². The highest BCUT2D eigenvalue weighted by Crippen LogP contribution is 2.31. The summed E-state index contributed by atoms with van der Waals surface area (Å²) in [5.41, 5.74) is -0.179. The molecule has 0 radical (unpaired) electrons. The highest BCUT2D eigenvalue weighted by atomic mass is 35.5. The van der Waals surface area contributed by atoms with Crippen molar-refractivity contribution in [2.45, 2.75) is 13.8 Å². The van der Waals surface area contributed by atoms with Crippen molar-refractivity contribution in [2.24, 2.45) is 0 Å². The molecule has 0 atom stereocenters. The number of halogens is 1. The first-order valence-corrected chi connectivity index (χ1v) is 9.63. The minimum atomic E-state index is -0.700. The number of anilines is 1. The first kappa shape index (κ1) is 19.8. The molecule has 1 N–H and O–H groups in total. The van der Waals surface area contributed by atoms with Crippen LogP contribution >= 0.6 is 22.9 Å². The molecule has 0 aliphatic rings. The lowest BCUT2D eigenvalue weighted by molar-refractivity contribution is 0.0520. The number of carbonyl (C=O) groups excluding carboxylic acids is 2. The third-order valence-electron chi connectivity index (χ3n) is 3.66. The second kappa shape index (κ2) is 8.41. The fraction of sp³-hybridized carbons (Fsp3) is 0.222. The van der Waals surface area contributed by atoms with Crippen molar-refractivity contribution < 1.29 is 19.1 Å². The Bertz CT molecular complexity index is 1110. The maximum atomic E-state index is 13.1. The lowest BCUT2D eigenvalue weighted by atomic mass is 10.2. The van der Waals surface area contributed by atoms with Gasteiger partial charge in [-0.15, -0.1) is 11.3 Å². The topological polar surface area (TPSA) is 99.5 Å². The summed E-state index contributed by atoms with van der Waals surface area (Å²) in [5, 5.41) is 9.37. The van der Waals surface area contributed by atoms with Gasteiger partial charge in [0.05, 0.1) is 24.3 Å². The molecule has 28 heavy (non-hydrogen) atoms. The summed E-state index contributed by atoms with van der Waals surface area (Å²) >= 11 is 7.11. The number of carbonyl (C=O) groups is 2. The molecule has 1 amide bonds. The van der Waals surface area contributed by atoms with Gasteiger partial charge in [0, 0.05) is 15.8 Å². The van der Waals surface area contributed by atoms with Gasteiger partial charge in [-0.1, -0.05) is 17.7 Å². The number of benzene rings is 1. The van der Waals surface area contributed by atoms with Crippen LogP contribution in [0, 0.1) is 0 Å². The van der Waals surface area contributed by atoms with Crippen molar-refractivity contribution in [2.75, 3.05) is 18.5 Å². The fourth-order valence-electron chi connectivity index (χ4n) is 2.53. The third-order valence-corrected chi connectivity index (χ3v) is 4.80. The first-order chi connectivity index (χ1) is 13.5. The molecule has 0 saturated carbocycles. The number of nitrogens with one attached hydrogen (secondary N) is 1. The Labute approximate surface area is 168 Å². The van der Waals surface area contributed by atoms with E-state index in [0.29, 0.717) is 16.1 Å². The van der Waals surface area contributed by atoms with E-state index in [2.05, 4.69) is 10.4 Å². The maximum Gasteiger partial charge on any atom is 0.412 e. The Morgan fingerprint density at radius 2 is 2.00 bits per heavy atom. The van der Waals surface area contributed by atoms with Gasteiger partial charge in [-0.05, 0) is 32.0 Å². The smallest absolute Gasteiger partial charge is 0.412 e. The quantitative estimate of drug-likeness (QED) is 0.628. The normalized spacial score (nSPS) is 10.7. The van der Waals surface area contributed by atoms with Crippen LogP contribution in [0.2, 0.25) is 5.02 Å². The summed E-state index contributed by atoms with van der Waals surface area (Å²) in [5.74, 6) is -0.677. The minimum absolute atomic E-state index is 0.0374. The number of aromatic nitrogens is 2. The molecule has 0 fully saturated rings. The molecule has 0 spiro atoms. The number of fused-ring (bicyclic) bond motifs is 1. The fourth-order valence-corrected chi connectivity index (χ4v) is 3.64. The molecular formula is C18H16ClN3O5S. The molecule has 0 saturated heterocycles. The predicted octanol–water partition coefficient (Wildman–Crippen LogP) is 3.85. The second-order valence-electron chi connectivity index (χ2n) is 5.46. The highest BCUT2D eigenvalue weighted by molar-refractivity contribution is 7.16. The molecule has 10 heteroatoms. The Morgan fingerprint density at radius 1 is 1.25 bits per heavy atom. The molecule has 146 valence electrons. The van der Waals surface area contributed by atoms with E-state index in [0.717, 1.165) is 16.0 Å². The van der Waals surface area contributed by atoms with Crippen LogP contribution in [0.15, 0.2) is 34.4 Å². The van der Waals surface area contributed by atoms with Crippen molar-refractivity contribution in [1.29, 1.82) is 0 Å². The van der Waals surface area contributed by atoms with Gasteiger partial charge in [0.15, 0.2) is 5.69 Å². The number of rotatable bonds is 5. The van der Waals surface area contributed by atoms with Crippen LogP contribution in [-0.2, 0) is 9.47 Å². The summed E-state index contributed by atoms with van der Waals surface area (Å²) in [6.45, 7) is 3.67. The van der Waals surface area contributed by atoms with Crippen molar-refractivity contribution in [1.82, 2.24) is 9.78 Å². The summed E-state index contributed by atoms with van der Waals surface area (Å²) in [6, 6.07) is 6.48. The van der Waals surface area contributed by atoms with Gasteiger partial charge in [0.2, 0.25) is 0 Å². The Balaban J connectivity index is 2.26. The summed E-state index contributed by atoms with van der Waals surface area (Å²) < 4.78 is 11.0. The number of amides is 1. The van der Waals surface area contributed by atoms with E-state index in [1.807, 2.05) is 0 Å². The standard InChI is InChI=1S/C18H16ClN3O5S/c1-3-26-17(24)14-12-9-28-15(20-18(25)27-4-2)13(12)16(23)22(21-14)11-7-5-6-10(19)8-11/h5-9H,3-4H2,1-2H3,(H,20,25). The van der Waals surface area contributed by atoms with Gasteiger partial charge in [-0.3, -0.25) is 10.1 Å². The van der Waals surface area contributed by atoms with Crippen LogP contribution in [0.3, 0.4) is 0 Å². The molecule has 0 aliphatic heterocycles. The van der Waals surface area contributed by atoms with Crippen LogP contribution < -0.4 is 10.9 Å². The van der Waals surface area contributed by atoms with Gasteiger partial charge in [0.25, 0.3) is 5.56 Å². The van der Waals surface area contributed by atoms with E-state index in [-0.39, 0.29) is 29.3 Å². The van der Waals surface area contributed by atoms with Crippen LogP contribution in [0.25, 0.3) is 16.5 Å². The van der Waals surface area contributed by atoms with Gasteiger partial charge >= 0.3 is 12.1 Å². The summed E-state index contributed by atoms with van der Waals surface area (Å²) in [6.07, 6.45) is -0.700. The molecule has 3 aromatic rings. The van der Waals surface area contributed by atoms with E-state index in [1.165, 1.54) is 0 Å². The molecule has 0 unspecified atom stereocenters. The second-order valence-corrected chi connectivity index (χ2v) is 6.78. The molecule has 3 rings (SSSR count). The van der Waals surface area contributed by atoms with Crippen LogP contribution in [0.1, 0.15) is 24.3 Å². The Hall–Kier alpha value is -2.91. The molecule has 0 aliphatic carbocycles. The third kappa shape index (κ3) is 3.85. The number of ether oxygens (including phenoxy) is 2. The van der Waals surface area contributed by atoms with E-state index in [9.17, 15) is 14.4 Å². The number of hydrogen-bond acceptors (Lipinski definition) is 7. The Morgan fingerprint density at radius 3 is 2.68 bits per heavy atom. The van der Waals surface area contributed by atoms with Crippen molar-refractivity contribution in [3.63, 3.8) is 0 Å². The first-order valence-electron chi connectivity index (χ1n) is 8.37. The molecule has 1 aromatic carbocycles. The van der Waals surface area contributed by atoms with E-state index in [4.69, 9.17) is 21.1 Å². The highest BCUT2D eigenvalue weighted by Gasteiger charge is 2.23. The average molecular weight is 422 g/mol. The number of esters is 1. The molecular weight excluding hydrogens is 406 g/mol. The summed E-state index contributed by atoms with van der Waals surface area (Å²) in [4.78, 5) is 37.4. The largest absolute Gasteiger partial charge is 0.461 e. The molecule has 8 nitrogen and oxygen atoms in total. The van der Waals surface area contributed by atoms with Gasteiger partial charge in [-0.2, -0.15) is 9.78 Å². The SMILES string of the molecule is CCOC(=O)Nc1scc2c(C(=O)OCC)nn(-c3cccc(Cl)c3)c(=O)c12. The zero-order chi connectivity index (χ0) is 20.3. The van der Waals surface area contributed by atoms with E-state index < -0.39 is 17.6 Å². The zero-order valence-corrected chi connectivity index (χ0v) is 16.6. The molecule has 0 bridgehead atoms. The van der Waals surface area contributed by atoms with E-state index in [1.54, 1.807) is 43.5 Å². The van der Waals surface area contributed by atoms with Crippen molar-refractivity contribution >= 4 is 50.8 Å². The monoisotopic (exact) mass is 421 g/mol. The average Bonchev–Trinajstić information content (AvgIpc) is 3.06. The maximum absolute atomic E-state index is 13.1. The number of nitrogens with zero attached hydrogens (tertiary/aromatic N) is 2. The number of thiophene rings is 1.